The van der Waals surface area contributed by atoms with Gasteiger partial charge in [-0.05, 0) is 37.0 Å². The Bertz CT molecular complexity index is 425. The number of nitrogens with zero attached hydrogens (tertiary/aromatic N) is 2. The van der Waals surface area contributed by atoms with Crippen LogP contribution in [0.15, 0.2) is 24.5 Å². The van der Waals surface area contributed by atoms with Gasteiger partial charge in [-0.1, -0.05) is 32.6 Å². The van der Waals surface area contributed by atoms with Crippen molar-refractivity contribution in [1.29, 1.82) is 0 Å². The SMILES string of the molecule is CCCC1CN(Cc2ccncc2)C2(CCCCC2)CN1. The van der Waals surface area contributed by atoms with Crippen LogP contribution in [0.25, 0.3) is 0 Å². The van der Waals surface area contributed by atoms with Crippen LogP contribution >= 0.6 is 0 Å². The number of aromatic nitrogens is 1. The first kappa shape index (κ1) is 15.0. The fourth-order valence-electron chi connectivity index (χ4n) is 4.16. The van der Waals surface area contributed by atoms with E-state index in [1.54, 1.807) is 0 Å². The number of nitrogens with one attached hydrogen (secondary N) is 1. The zero-order valence-corrected chi connectivity index (χ0v) is 13.4. The Morgan fingerprint density at radius 1 is 1.24 bits per heavy atom. The molecule has 0 bridgehead atoms. The largest absolute Gasteiger partial charge is 0.311 e. The molecule has 1 N–H and O–H groups in total. The van der Waals surface area contributed by atoms with Crippen LogP contribution in [0, 0.1) is 0 Å². The van der Waals surface area contributed by atoms with Crippen molar-refractivity contribution in [2.75, 3.05) is 13.1 Å². The van der Waals surface area contributed by atoms with E-state index in [0.717, 1.165) is 6.54 Å². The van der Waals surface area contributed by atoms with Crippen LogP contribution in [0.3, 0.4) is 0 Å². The maximum absolute atomic E-state index is 4.16. The van der Waals surface area contributed by atoms with Gasteiger partial charge in [-0.15, -0.1) is 0 Å². The highest BCUT2D eigenvalue weighted by atomic mass is 15.3. The van der Waals surface area contributed by atoms with Gasteiger partial charge < -0.3 is 5.32 Å². The summed E-state index contributed by atoms with van der Waals surface area (Å²) in [7, 11) is 0. The quantitative estimate of drug-likeness (QED) is 0.920. The van der Waals surface area contributed by atoms with E-state index >= 15 is 0 Å². The van der Waals surface area contributed by atoms with Crippen LogP contribution in [-0.2, 0) is 6.54 Å². The van der Waals surface area contributed by atoms with Crippen molar-refractivity contribution >= 4 is 0 Å². The Morgan fingerprint density at radius 3 is 2.71 bits per heavy atom. The molecular formula is C18H29N3. The minimum absolute atomic E-state index is 0.408. The molecule has 3 nitrogen and oxygen atoms in total. The van der Waals surface area contributed by atoms with Crippen molar-refractivity contribution < 1.29 is 0 Å². The molecule has 21 heavy (non-hydrogen) atoms. The molecule has 0 radical (unpaired) electrons. The van der Waals surface area contributed by atoms with Gasteiger partial charge in [0.15, 0.2) is 0 Å². The summed E-state index contributed by atoms with van der Waals surface area (Å²) in [4.78, 5) is 6.95. The smallest absolute Gasteiger partial charge is 0.0338 e. The first-order valence-electron chi connectivity index (χ1n) is 8.70. The van der Waals surface area contributed by atoms with Crippen molar-refractivity contribution in [3.63, 3.8) is 0 Å². The van der Waals surface area contributed by atoms with Crippen LogP contribution in [0.1, 0.15) is 57.4 Å². The highest BCUT2D eigenvalue weighted by Crippen LogP contribution is 2.36. The molecule has 1 atom stereocenters. The molecule has 0 aromatic carbocycles. The number of hydrogen-bond acceptors (Lipinski definition) is 3. The highest BCUT2D eigenvalue weighted by Gasteiger charge is 2.41. The minimum atomic E-state index is 0.408. The predicted octanol–water partition coefficient (Wildman–Crippen LogP) is 3.36. The Labute approximate surface area is 129 Å². The molecule has 1 saturated carbocycles. The van der Waals surface area contributed by atoms with E-state index in [4.69, 9.17) is 0 Å². The van der Waals surface area contributed by atoms with Crippen molar-refractivity contribution in [3.05, 3.63) is 30.1 Å². The second kappa shape index (κ2) is 6.89. The summed E-state index contributed by atoms with van der Waals surface area (Å²) >= 11 is 0. The van der Waals surface area contributed by atoms with Crippen molar-refractivity contribution in [3.8, 4) is 0 Å². The molecule has 1 saturated heterocycles. The van der Waals surface area contributed by atoms with Crippen LogP contribution in [0.5, 0.6) is 0 Å². The Morgan fingerprint density at radius 2 is 2.00 bits per heavy atom. The van der Waals surface area contributed by atoms with Crippen molar-refractivity contribution in [2.24, 2.45) is 0 Å². The topological polar surface area (TPSA) is 28.2 Å². The Hall–Kier alpha value is -0.930. The van der Waals surface area contributed by atoms with Crippen molar-refractivity contribution in [2.45, 2.75) is 70.0 Å². The lowest BCUT2D eigenvalue weighted by atomic mass is 9.78. The van der Waals surface area contributed by atoms with Crippen LogP contribution in [-0.4, -0.2) is 34.6 Å². The lowest BCUT2D eigenvalue weighted by Gasteiger charge is -2.52. The molecule has 3 rings (SSSR count). The van der Waals surface area contributed by atoms with Crippen molar-refractivity contribution in [1.82, 2.24) is 15.2 Å². The number of pyridine rings is 1. The van der Waals surface area contributed by atoms with Gasteiger partial charge in [-0.25, -0.2) is 0 Å². The van der Waals surface area contributed by atoms with Gasteiger partial charge in [-0.3, -0.25) is 9.88 Å². The third-order valence-electron chi connectivity index (χ3n) is 5.38. The third-order valence-corrected chi connectivity index (χ3v) is 5.38. The maximum atomic E-state index is 4.16. The maximum Gasteiger partial charge on any atom is 0.0338 e. The van der Waals surface area contributed by atoms with E-state index in [-0.39, 0.29) is 0 Å². The first-order chi connectivity index (χ1) is 10.3. The molecule has 1 unspecified atom stereocenters. The monoisotopic (exact) mass is 287 g/mol. The highest BCUT2D eigenvalue weighted by molar-refractivity contribution is 5.12. The zero-order chi connectivity index (χ0) is 14.5. The summed E-state index contributed by atoms with van der Waals surface area (Å²) in [6, 6.07) is 5.02. The van der Waals surface area contributed by atoms with Gasteiger partial charge in [0.1, 0.15) is 0 Å². The Kier molecular flexibility index (Phi) is 4.91. The van der Waals surface area contributed by atoms with Gasteiger partial charge >= 0.3 is 0 Å². The molecule has 1 spiro atoms. The summed E-state index contributed by atoms with van der Waals surface area (Å²) < 4.78 is 0. The molecule has 1 aliphatic heterocycles. The number of rotatable bonds is 4. The molecule has 116 valence electrons. The zero-order valence-electron chi connectivity index (χ0n) is 13.4. The summed E-state index contributed by atoms with van der Waals surface area (Å²) in [5, 5.41) is 3.84. The fourth-order valence-corrected chi connectivity index (χ4v) is 4.16. The van der Waals surface area contributed by atoms with Gasteiger partial charge in [-0.2, -0.15) is 0 Å². The molecule has 2 fully saturated rings. The van der Waals surface area contributed by atoms with Crippen LogP contribution in [0.4, 0.5) is 0 Å². The van der Waals surface area contributed by atoms with E-state index in [9.17, 15) is 0 Å². The second-order valence-corrected chi connectivity index (χ2v) is 6.89. The lowest BCUT2D eigenvalue weighted by Crippen LogP contribution is -2.64. The van der Waals surface area contributed by atoms with E-state index < -0.39 is 0 Å². The summed E-state index contributed by atoms with van der Waals surface area (Å²) in [5.41, 5.74) is 1.82. The van der Waals surface area contributed by atoms with E-state index in [1.165, 1.54) is 63.6 Å². The van der Waals surface area contributed by atoms with Gasteiger partial charge in [0.2, 0.25) is 0 Å². The average Bonchev–Trinajstić information content (AvgIpc) is 2.53. The second-order valence-electron chi connectivity index (χ2n) is 6.89. The van der Waals surface area contributed by atoms with Crippen LogP contribution in [0.2, 0.25) is 0 Å². The number of piperazine rings is 1. The molecule has 1 aliphatic carbocycles. The number of hydrogen-bond donors (Lipinski definition) is 1. The van der Waals surface area contributed by atoms with E-state index in [1.807, 2.05) is 12.4 Å². The van der Waals surface area contributed by atoms with E-state index in [0.29, 0.717) is 11.6 Å². The van der Waals surface area contributed by atoms with Gasteiger partial charge in [0.05, 0.1) is 0 Å². The molecule has 0 amide bonds. The summed E-state index contributed by atoms with van der Waals surface area (Å²) in [5.74, 6) is 0. The molecule has 3 heteroatoms. The van der Waals surface area contributed by atoms with Gasteiger partial charge in [0, 0.05) is 43.6 Å². The standard InChI is InChI=1S/C18H29N3/c1-2-6-17-14-21(13-16-7-11-19-12-8-16)18(15-20-17)9-4-3-5-10-18/h7-8,11-12,17,20H,2-6,9-10,13-15H2,1H3. The molecule has 1 aromatic rings. The minimum Gasteiger partial charge on any atom is -0.311 e. The summed E-state index contributed by atoms with van der Waals surface area (Å²) in [6.45, 7) is 5.77. The molecule has 2 aliphatic rings. The third kappa shape index (κ3) is 3.46. The lowest BCUT2D eigenvalue weighted by molar-refractivity contribution is 0.00187. The fraction of sp³-hybridized carbons (Fsp3) is 0.722. The molecule has 1 aromatic heterocycles. The van der Waals surface area contributed by atoms with E-state index in [2.05, 4.69) is 34.3 Å². The Balaban J connectivity index is 1.75. The first-order valence-corrected chi connectivity index (χ1v) is 8.70. The molecular weight excluding hydrogens is 258 g/mol. The average molecular weight is 287 g/mol. The van der Waals surface area contributed by atoms with Crippen LogP contribution < -0.4 is 5.32 Å². The molecule has 2 heterocycles. The summed E-state index contributed by atoms with van der Waals surface area (Å²) in [6.07, 6.45) is 13.4. The normalized spacial score (nSPS) is 26.0. The van der Waals surface area contributed by atoms with Gasteiger partial charge in [0.25, 0.3) is 0 Å². The predicted molar refractivity (Wildman–Crippen MR) is 87.2 cm³/mol.